The number of primary amides is 1. The van der Waals surface area contributed by atoms with Crippen LogP contribution in [0.3, 0.4) is 0 Å². The van der Waals surface area contributed by atoms with Crippen LogP contribution >= 0.6 is 0 Å². The van der Waals surface area contributed by atoms with Crippen molar-refractivity contribution in [2.24, 2.45) is 5.73 Å². The fourth-order valence-electron chi connectivity index (χ4n) is 2.75. The minimum Gasteiger partial charge on any atom is -0.484 e. The molecule has 10 heteroatoms. The lowest BCUT2D eigenvalue weighted by Gasteiger charge is -2.15. The van der Waals surface area contributed by atoms with Gasteiger partial charge in [-0.3, -0.25) is 9.78 Å². The highest BCUT2D eigenvalue weighted by atomic mass is 32.2. The molecule has 0 radical (unpaired) electrons. The molecule has 9 nitrogen and oxygen atoms in total. The average molecular weight is 416 g/mol. The van der Waals surface area contributed by atoms with Crippen LogP contribution in [0.15, 0.2) is 53.3 Å². The van der Waals surface area contributed by atoms with Gasteiger partial charge in [-0.05, 0) is 36.2 Å². The van der Waals surface area contributed by atoms with Crippen molar-refractivity contribution in [3.63, 3.8) is 0 Å². The fraction of sp³-hybridized carbons (Fsp3) is 0.263. The number of benzene rings is 1. The number of carbonyl (C=O) groups excluding carboxylic acids is 1. The predicted molar refractivity (Wildman–Crippen MR) is 104 cm³/mol. The van der Waals surface area contributed by atoms with Crippen LogP contribution in [0.4, 0.5) is 0 Å². The fourth-order valence-corrected chi connectivity index (χ4v) is 3.95. The molecule has 29 heavy (non-hydrogen) atoms. The smallest absolute Gasteiger partial charge is 0.264 e. The van der Waals surface area contributed by atoms with Gasteiger partial charge in [0, 0.05) is 30.6 Å². The number of hydrogen-bond acceptors (Lipinski definition) is 8. The highest BCUT2D eigenvalue weighted by Crippen LogP contribution is 2.28. The molecular formula is C19H20N4O5S. The molecule has 0 aliphatic rings. The summed E-state index contributed by atoms with van der Waals surface area (Å²) in [4.78, 5) is 19.3. The van der Waals surface area contributed by atoms with Crippen LogP contribution in [0.1, 0.15) is 29.5 Å². The summed E-state index contributed by atoms with van der Waals surface area (Å²) in [6.45, 7) is 0.0593. The van der Waals surface area contributed by atoms with Gasteiger partial charge in [0.05, 0.1) is 5.25 Å². The van der Waals surface area contributed by atoms with E-state index in [4.69, 9.17) is 15.0 Å². The van der Waals surface area contributed by atoms with E-state index in [-0.39, 0.29) is 19.4 Å². The number of rotatable bonds is 9. The van der Waals surface area contributed by atoms with E-state index in [1.807, 2.05) is 6.07 Å². The van der Waals surface area contributed by atoms with Gasteiger partial charge in [0.1, 0.15) is 5.75 Å². The summed E-state index contributed by atoms with van der Waals surface area (Å²) in [7, 11) is -3.39. The lowest BCUT2D eigenvalue weighted by molar-refractivity contribution is -0.118. The van der Waals surface area contributed by atoms with Crippen molar-refractivity contribution in [2.75, 3.05) is 6.26 Å². The highest BCUT2D eigenvalue weighted by molar-refractivity contribution is 7.90. The Morgan fingerprint density at radius 3 is 2.62 bits per heavy atom. The van der Waals surface area contributed by atoms with Crippen LogP contribution < -0.4 is 10.5 Å². The minimum atomic E-state index is -3.39. The number of pyridine rings is 1. The van der Waals surface area contributed by atoms with E-state index in [0.717, 1.165) is 11.8 Å². The maximum atomic E-state index is 12.0. The van der Waals surface area contributed by atoms with Crippen molar-refractivity contribution in [1.82, 2.24) is 15.1 Å². The zero-order valence-electron chi connectivity index (χ0n) is 15.7. The van der Waals surface area contributed by atoms with Crippen molar-refractivity contribution < 1.29 is 22.5 Å². The van der Waals surface area contributed by atoms with Crippen LogP contribution in [-0.4, -0.2) is 35.7 Å². The predicted octanol–water partition coefficient (Wildman–Crippen LogP) is 2.06. The van der Waals surface area contributed by atoms with E-state index in [1.54, 1.807) is 42.7 Å². The Bertz CT molecular complexity index is 1070. The molecule has 0 aliphatic heterocycles. The summed E-state index contributed by atoms with van der Waals surface area (Å²) in [5, 5.41) is 3.08. The van der Waals surface area contributed by atoms with Gasteiger partial charge in [-0.25, -0.2) is 8.42 Å². The number of aromatic nitrogens is 3. The first-order chi connectivity index (χ1) is 13.8. The average Bonchev–Trinajstić information content (AvgIpc) is 3.16. The van der Waals surface area contributed by atoms with Gasteiger partial charge in [-0.2, -0.15) is 4.98 Å². The number of ether oxygens (including phenoxy) is 1. The Labute approximate surface area is 167 Å². The molecule has 0 fully saturated rings. The largest absolute Gasteiger partial charge is 0.484 e. The summed E-state index contributed by atoms with van der Waals surface area (Å²) < 4.78 is 34.9. The maximum absolute atomic E-state index is 12.0. The van der Waals surface area contributed by atoms with Crippen LogP contribution in [0, 0.1) is 0 Å². The summed E-state index contributed by atoms with van der Waals surface area (Å²) in [5.41, 5.74) is 6.44. The Hall–Kier alpha value is -3.27. The quantitative estimate of drug-likeness (QED) is 0.559. The third-order valence-corrected chi connectivity index (χ3v) is 5.71. The van der Waals surface area contributed by atoms with Crippen molar-refractivity contribution in [3.05, 3.63) is 60.2 Å². The lowest BCUT2D eigenvalue weighted by atomic mass is 10.1. The lowest BCUT2D eigenvalue weighted by Crippen LogP contribution is -2.16. The van der Waals surface area contributed by atoms with Crippen LogP contribution in [-0.2, 0) is 21.2 Å². The van der Waals surface area contributed by atoms with Crippen LogP contribution in [0.2, 0.25) is 0 Å². The van der Waals surface area contributed by atoms with Crippen LogP contribution in [0.5, 0.6) is 5.75 Å². The molecule has 0 bridgehead atoms. The third-order valence-electron chi connectivity index (χ3n) is 4.17. The number of nitrogens with zero attached hydrogens (tertiary/aromatic N) is 3. The van der Waals surface area contributed by atoms with Crippen molar-refractivity contribution in [1.29, 1.82) is 0 Å². The first-order valence-corrected chi connectivity index (χ1v) is 10.7. The number of carbonyl (C=O) groups is 1. The van der Waals surface area contributed by atoms with Gasteiger partial charge in [-0.1, -0.05) is 17.3 Å². The normalized spacial score (nSPS) is 12.4. The SMILES string of the molecule is CS(=O)(=O)C(CCC(N)=O)c1ccc(OCc2nc(-c3cccnc3)no2)cc1. The number of hydrogen-bond donors (Lipinski definition) is 1. The Kier molecular flexibility index (Phi) is 6.23. The molecule has 1 unspecified atom stereocenters. The third kappa shape index (κ3) is 5.61. The van der Waals surface area contributed by atoms with E-state index in [1.165, 1.54) is 0 Å². The number of amides is 1. The maximum Gasteiger partial charge on any atom is 0.264 e. The molecule has 152 valence electrons. The number of nitrogens with two attached hydrogens (primary N) is 1. The molecule has 1 aromatic carbocycles. The Morgan fingerprint density at radius 2 is 2.00 bits per heavy atom. The summed E-state index contributed by atoms with van der Waals surface area (Å²) in [6, 6.07) is 10.2. The van der Waals surface area contributed by atoms with Crippen molar-refractivity contribution in [2.45, 2.75) is 24.7 Å². The molecule has 2 aromatic heterocycles. The van der Waals surface area contributed by atoms with E-state index in [2.05, 4.69) is 15.1 Å². The topological polar surface area (TPSA) is 138 Å². The van der Waals surface area contributed by atoms with E-state index in [0.29, 0.717) is 23.0 Å². The summed E-state index contributed by atoms with van der Waals surface area (Å²) in [6.07, 6.45) is 4.54. The molecule has 1 amide bonds. The van der Waals surface area contributed by atoms with E-state index < -0.39 is 21.0 Å². The van der Waals surface area contributed by atoms with E-state index >= 15 is 0 Å². The zero-order chi connectivity index (χ0) is 20.9. The van der Waals surface area contributed by atoms with Gasteiger partial charge in [-0.15, -0.1) is 0 Å². The minimum absolute atomic E-state index is 0.00752. The van der Waals surface area contributed by atoms with Crippen molar-refractivity contribution in [3.8, 4) is 17.1 Å². The second kappa shape index (κ2) is 8.82. The number of sulfone groups is 1. The molecule has 0 saturated carbocycles. The highest BCUT2D eigenvalue weighted by Gasteiger charge is 2.23. The molecule has 3 rings (SSSR count). The molecule has 2 heterocycles. The molecule has 1 atom stereocenters. The molecular weight excluding hydrogens is 396 g/mol. The second-order valence-electron chi connectivity index (χ2n) is 6.43. The zero-order valence-corrected chi connectivity index (χ0v) is 16.5. The van der Waals surface area contributed by atoms with Gasteiger partial charge in [0.2, 0.25) is 11.7 Å². The molecule has 2 N–H and O–H groups in total. The van der Waals surface area contributed by atoms with Crippen LogP contribution in [0.25, 0.3) is 11.4 Å². The van der Waals surface area contributed by atoms with Gasteiger partial charge < -0.3 is 15.0 Å². The van der Waals surface area contributed by atoms with E-state index in [9.17, 15) is 13.2 Å². The van der Waals surface area contributed by atoms with Gasteiger partial charge in [0.25, 0.3) is 5.89 Å². The molecule has 0 aliphatic carbocycles. The molecule has 0 saturated heterocycles. The Morgan fingerprint density at radius 1 is 1.24 bits per heavy atom. The first kappa shape index (κ1) is 20.5. The monoisotopic (exact) mass is 416 g/mol. The van der Waals surface area contributed by atoms with Gasteiger partial charge >= 0.3 is 0 Å². The molecule has 0 spiro atoms. The summed E-state index contributed by atoms with van der Waals surface area (Å²) >= 11 is 0. The second-order valence-corrected chi connectivity index (χ2v) is 8.66. The van der Waals surface area contributed by atoms with Gasteiger partial charge in [0.15, 0.2) is 16.4 Å². The van der Waals surface area contributed by atoms with Crippen molar-refractivity contribution >= 4 is 15.7 Å². The summed E-state index contributed by atoms with van der Waals surface area (Å²) in [5.74, 6) is 0.682. The Balaban J connectivity index is 1.64. The standard InChI is InChI=1S/C19H20N4O5S/c1-29(25,26)16(8-9-17(20)24)13-4-6-15(7-5-13)27-12-18-22-19(23-28-18)14-3-2-10-21-11-14/h2-7,10-11,16H,8-9,12H2,1H3,(H2,20,24). The molecule has 3 aromatic rings. The first-order valence-electron chi connectivity index (χ1n) is 8.76.